The van der Waals surface area contributed by atoms with Crippen molar-refractivity contribution in [2.24, 2.45) is 0 Å². The summed E-state index contributed by atoms with van der Waals surface area (Å²) in [5.41, 5.74) is -0.763. The molecule has 3 rings (SSSR count). The average molecular weight is 381 g/mol. The van der Waals surface area contributed by atoms with Crippen molar-refractivity contribution in [3.05, 3.63) is 72.0 Å². The topological polar surface area (TPSA) is 64.6 Å². The molecule has 1 N–H and O–H groups in total. The highest BCUT2D eigenvalue weighted by Crippen LogP contribution is 2.23. The fourth-order valence-electron chi connectivity index (χ4n) is 2.55. The first kappa shape index (κ1) is 19.4. The number of fused-ring (bicyclic) bond motifs is 1. The Morgan fingerprint density at radius 3 is 2.32 bits per heavy atom. The van der Waals surface area contributed by atoms with Crippen LogP contribution in [0.2, 0.25) is 0 Å². The fourth-order valence-corrected chi connectivity index (χ4v) is 2.55. The van der Waals surface area contributed by atoms with Gasteiger partial charge in [0.1, 0.15) is 17.2 Å². The van der Waals surface area contributed by atoms with Gasteiger partial charge in [0.05, 0.1) is 11.3 Å². The van der Waals surface area contributed by atoms with Crippen LogP contribution < -0.4 is 10.1 Å². The quantitative estimate of drug-likeness (QED) is 0.477. The number of anilines is 1. The molecule has 0 heterocycles. The molecule has 0 saturated carbocycles. The van der Waals surface area contributed by atoms with Crippen LogP contribution >= 0.6 is 0 Å². The molecular formula is C22H20FNO4. The maximum absolute atomic E-state index is 14.3. The Labute approximate surface area is 162 Å². The third kappa shape index (κ3) is 4.85. The number of carbonyl (C=O) groups excluding carboxylic acids is 2. The minimum absolute atomic E-state index is 0.0281. The van der Waals surface area contributed by atoms with Crippen molar-refractivity contribution in [2.75, 3.05) is 5.32 Å². The molecule has 0 radical (unpaired) electrons. The van der Waals surface area contributed by atoms with Gasteiger partial charge in [-0.1, -0.05) is 30.3 Å². The van der Waals surface area contributed by atoms with Crippen LogP contribution in [0.15, 0.2) is 60.7 Å². The zero-order chi connectivity index (χ0) is 20.3. The summed E-state index contributed by atoms with van der Waals surface area (Å²) < 4.78 is 24.7. The van der Waals surface area contributed by atoms with Crippen LogP contribution in [0.1, 0.15) is 31.1 Å². The first-order valence-corrected chi connectivity index (χ1v) is 8.72. The van der Waals surface area contributed by atoms with Crippen LogP contribution in [0.5, 0.6) is 5.75 Å². The van der Waals surface area contributed by atoms with Gasteiger partial charge >= 0.3 is 12.1 Å². The summed E-state index contributed by atoms with van der Waals surface area (Å²) in [4.78, 5) is 24.1. The van der Waals surface area contributed by atoms with Crippen LogP contribution in [0.4, 0.5) is 14.9 Å². The number of esters is 1. The Bertz CT molecular complexity index is 1040. The smallest absolute Gasteiger partial charge is 0.412 e. The number of carbonyl (C=O) groups is 2. The van der Waals surface area contributed by atoms with Gasteiger partial charge in [-0.15, -0.1) is 0 Å². The molecule has 28 heavy (non-hydrogen) atoms. The lowest BCUT2D eigenvalue weighted by atomic mass is 10.1. The predicted molar refractivity (Wildman–Crippen MR) is 105 cm³/mol. The van der Waals surface area contributed by atoms with Crippen LogP contribution in [0, 0.1) is 5.82 Å². The Kier molecular flexibility index (Phi) is 5.31. The molecule has 1 amide bonds. The molecule has 0 atom stereocenters. The molecular weight excluding hydrogens is 361 g/mol. The molecule has 3 aromatic rings. The predicted octanol–water partition coefficient (Wildman–Crippen LogP) is 5.55. The molecule has 5 nitrogen and oxygen atoms in total. The average Bonchev–Trinajstić information content (AvgIpc) is 2.61. The van der Waals surface area contributed by atoms with Crippen LogP contribution in [-0.2, 0) is 4.74 Å². The molecule has 0 aliphatic carbocycles. The number of hydrogen-bond donors (Lipinski definition) is 1. The summed E-state index contributed by atoms with van der Waals surface area (Å²) in [6.07, 6.45) is -0.780. The summed E-state index contributed by atoms with van der Waals surface area (Å²) in [6.45, 7) is 5.11. The van der Waals surface area contributed by atoms with Gasteiger partial charge in [0.2, 0.25) is 0 Å². The highest BCUT2D eigenvalue weighted by atomic mass is 19.1. The van der Waals surface area contributed by atoms with E-state index in [0.717, 1.165) is 16.8 Å². The Balaban J connectivity index is 1.71. The van der Waals surface area contributed by atoms with E-state index < -0.39 is 23.5 Å². The lowest BCUT2D eigenvalue weighted by molar-refractivity contribution is 0.0634. The van der Waals surface area contributed by atoms with Crippen molar-refractivity contribution < 1.29 is 23.5 Å². The number of benzene rings is 3. The SMILES string of the molecule is CC(C)(C)OC(=O)Nc1ccc(C(=O)Oc2ccc3ccccc3c2)cc1F. The van der Waals surface area contributed by atoms with Crippen molar-refractivity contribution in [2.45, 2.75) is 26.4 Å². The van der Waals surface area contributed by atoms with E-state index >= 15 is 0 Å². The fraction of sp³-hybridized carbons (Fsp3) is 0.182. The van der Waals surface area contributed by atoms with Crippen molar-refractivity contribution in [3.8, 4) is 5.75 Å². The summed E-state index contributed by atoms with van der Waals surface area (Å²) in [7, 11) is 0. The molecule has 0 aliphatic heterocycles. The Morgan fingerprint density at radius 1 is 0.929 bits per heavy atom. The number of nitrogens with one attached hydrogen (secondary N) is 1. The molecule has 0 fully saturated rings. The molecule has 0 unspecified atom stereocenters. The minimum Gasteiger partial charge on any atom is -0.444 e. The van der Waals surface area contributed by atoms with E-state index in [4.69, 9.17) is 9.47 Å². The lowest BCUT2D eigenvalue weighted by Crippen LogP contribution is -2.27. The van der Waals surface area contributed by atoms with Gasteiger partial charge in [0.25, 0.3) is 0 Å². The first-order valence-electron chi connectivity index (χ1n) is 8.72. The molecule has 3 aromatic carbocycles. The van der Waals surface area contributed by atoms with Crippen molar-refractivity contribution >= 4 is 28.5 Å². The number of amides is 1. The Morgan fingerprint density at radius 2 is 1.64 bits per heavy atom. The molecule has 144 valence electrons. The van der Waals surface area contributed by atoms with E-state index in [0.29, 0.717) is 5.75 Å². The van der Waals surface area contributed by atoms with E-state index in [1.165, 1.54) is 12.1 Å². The summed E-state index contributed by atoms with van der Waals surface area (Å²) >= 11 is 0. The second-order valence-corrected chi connectivity index (χ2v) is 7.22. The van der Waals surface area contributed by atoms with Gasteiger partial charge in [-0.2, -0.15) is 0 Å². The normalized spacial score (nSPS) is 11.1. The molecule has 0 spiro atoms. The third-order valence-corrected chi connectivity index (χ3v) is 3.77. The van der Waals surface area contributed by atoms with Crippen LogP contribution in [0.25, 0.3) is 10.8 Å². The first-order chi connectivity index (χ1) is 13.2. The number of rotatable bonds is 3. The van der Waals surface area contributed by atoms with Crippen LogP contribution in [0.3, 0.4) is 0 Å². The molecule has 0 saturated heterocycles. The molecule has 6 heteroatoms. The highest BCUT2D eigenvalue weighted by Gasteiger charge is 2.18. The summed E-state index contributed by atoms with van der Waals surface area (Å²) in [6, 6.07) is 16.6. The van der Waals surface area contributed by atoms with Gasteiger partial charge in [-0.25, -0.2) is 14.0 Å². The van der Waals surface area contributed by atoms with Gasteiger partial charge in [0, 0.05) is 0 Å². The standard InChI is InChI=1S/C22H20FNO4/c1-22(2,3)28-21(26)24-19-11-9-16(13-18(19)23)20(25)27-17-10-8-14-6-4-5-7-15(14)12-17/h4-13H,1-3H3,(H,24,26). The molecule has 0 bridgehead atoms. The zero-order valence-corrected chi connectivity index (χ0v) is 15.8. The Hall–Kier alpha value is -3.41. The van der Waals surface area contributed by atoms with Crippen LogP contribution in [-0.4, -0.2) is 17.7 Å². The third-order valence-electron chi connectivity index (χ3n) is 3.77. The van der Waals surface area contributed by atoms with Gasteiger partial charge in [-0.3, -0.25) is 5.32 Å². The second-order valence-electron chi connectivity index (χ2n) is 7.22. The van der Waals surface area contributed by atoms with E-state index in [1.54, 1.807) is 32.9 Å². The van der Waals surface area contributed by atoms with Crippen molar-refractivity contribution in [3.63, 3.8) is 0 Å². The second kappa shape index (κ2) is 7.68. The lowest BCUT2D eigenvalue weighted by Gasteiger charge is -2.19. The highest BCUT2D eigenvalue weighted by molar-refractivity contribution is 5.93. The number of halogens is 1. The zero-order valence-electron chi connectivity index (χ0n) is 15.8. The van der Waals surface area contributed by atoms with E-state index in [2.05, 4.69) is 5.32 Å². The van der Waals surface area contributed by atoms with E-state index in [-0.39, 0.29) is 11.3 Å². The van der Waals surface area contributed by atoms with Crippen molar-refractivity contribution in [1.82, 2.24) is 0 Å². The van der Waals surface area contributed by atoms with E-state index in [1.807, 2.05) is 30.3 Å². The number of ether oxygens (including phenoxy) is 2. The molecule has 0 aromatic heterocycles. The largest absolute Gasteiger partial charge is 0.444 e. The minimum atomic E-state index is -0.780. The summed E-state index contributed by atoms with van der Waals surface area (Å²) in [5, 5.41) is 4.26. The van der Waals surface area contributed by atoms with Gasteiger partial charge in [-0.05, 0) is 61.9 Å². The van der Waals surface area contributed by atoms with E-state index in [9.17, 15) is 14.0 Å². The monoisotopic (exact) mass is 381 g/mol. The van der Waals surface area contributed by atoms with Gasteiger partial charge in [0.15, 0.2) is 0 Å². The summed E-state index contributed by atoms with van der Waals surface area (Å²) in [5.74, 6) is -1.10. The maximum atomic E-state index is 14.3. The van der Waals surface area contributed by atoms with Crippen molar-refractivity contribution in [1.29, 1.82) is 0 Å². The number of hydrogen-bond acceptors (Lipinski definition) is 4. The maximum Gasteiger partial charge on any atom is 0.412 e. The molecule has 0 aliphatic rings. The van der Waals surface area contributed by atoms with Gasteiger partial charge < -0.3 is 9.47 Å².